The van der Waals surface area contributed by atoms with E-state index in [1.165, 1.54) is 6.26 Å². The van der Waals surface area contributed by atoms with Crippen LogP contribution in [0.15, 0.2) is 71.3 Å². The second-order valence-corrected chi connectivity index (χ2v) is 6.11. The summed E-state index contributed by atoms with van der Waals surface area (Å²) < 4.78 is 16.6. The molecule has 2 aromatic carbocycles. The molecular formula is C22H23NO4. The quantitative estimate of drug-likeness (QED) is 0.588. The van der Waals surface area contributed by atoms with Crippen LogP contribution in [-0.2, 0) is 13.2 Å². The Morgan fingerprint density at radius 3 is 2.37 bits per heavy atom. The van der Waals surface area contributed by atoms with Gasteiger partial charge in [-0.1, -0.05) is 30.3 Å². The molecule has 0 bridgehead atoms. The number of amides is 1. The fourth-order valence-electron chi connectivity index (χ4n) is 2.69. The van der Waals surface area contributed by atoms with Crippen molar-refractivity contribution in [1.82, 2.24) is 4.90 Å². The van der Waals surface area contributed by atoms with E-state index in [1.807, 2.05) is 61.5 Å². The lowest BCUT2D eigenvalue weighted by atomic mass is 10.2. The third kappa shape index (κ3) is 4.91. The SMILES string of the molecule is CCOc1ccc(CN(C)C(=O)c2occc2COc2ccccc2)cc1. The summed E-state index contributed by atoms with van der Waals surface area (Å²) in [4.78, 5) is 14.4. The first-order valence-corrected chi connectivity index (χ1v) is 8.88. The summed E-state index contributed by atoms with van der Waals surface area (Å²) in [5.74, 6) is 1.70. The number of carbonyl (C=O) groups excluding carboxylic acids is 1. The molecule has 0 radical (unpaired) electrons. The van der Waals surface area contributed by atoms with Crippen LogP contribution in [0, 0.1) is 0 Å². The Bertz CT molecular complexity index is 856. The molecule has 1 heterocycles. The van der Waals surface area contributed by atoms with E-state index in [9.17, 15) is 4.79 Å². The van der Waals surface area contributed by atoms with Crippen LogP contribution in [0.1, 0.15) is 28.6 Å². The van der Waals surface area contributed by atoms with Crippen LogP contribution in [0.5, 0.6) is 11.5 Å². The van der Waals surface area contributed by atoms with Crippen molar-refractivity contribution < 1.29 is 18.7 Å². The van der Waals surface area contributed by atoms with Gasteiger partial charge < -0.3 is 18.8 Å². The number of furan rings is 1. The van der Waals surface area contributed by atoms with Crippen LogP contribution in [0.3, 0.4) is 0 Å². The molecule has 1 amide bonds. The Morgan fingerprint density at radius 1 is 0.963 bits per heavy atom. The molecule has 0 aliphatic carbocycles. The van der Waals surface area contributed by atoms with Crippen molar-refractivity contribution in [2.45, 2.75) is 20.1 Å². The first kappa shape index (κ1) is 18.6. The fourth-order valence-corrected chi connectivity index (χ4v) is 2.69. The van der Waals surface area contributed by atoms with Crippen LogP contribution in [0.4, 0.5) is 0 Å². The van der Waals surface area contributed by atoms with Gasteiger partial charge in [-0.2, -0.15) is 0 Å². The third-order valence-corrected chi connectivity index (χ3v) is 4.08. The van der Waals surface area contributed by atoms with Gasteiger partial charge in [0.1, 0.15) is 18.1 Å². The van der Waals surface area contributed by atoms with E-state index in [2.05, 4.69) is 0 Å². The van der Waals surface area contributed by atoms with Gasteiger partial charge in [-0.15, -0.1) is 0 Å². The van der Waals surface area contributed by atoms with Gasteiger partial charge in [0, 0.05) is 19.2 Å². The highest BCUT2D eigenvalue weighted by Gasteiger charge is 2.20. The summed E-state index contributed by atoms with van der Waals surface area (Å²) in [5, 5.41) is 0. The van der Waals surface area contributed by atoms with Crippen molar-refractivity contribution >= 4 is 5.91 Å². The zero-order valence-electron chi connectivity index (χ0n) is 15.6. The lowest BCUT2D eigenvalue weighted by Gasteiger charge is -2.17. The Kier molecular flexibility index (Phi) is 6.15. The summed E-state index contributed by atoms with van der Waals surface area (Å²) in [6.45, 7) is 3.33. The van der Waals surface area contributed by atoms with Crippen molar-refractivity contribution in [3.05, 3.63) is 83.8 Å². The first-order chi connectivity index (χ1) is 13.2. The van der Waals surface area contributed by atoms with Crippen LogP contribution in [0.2, 0.25) is 0 Å². The minimum atomic E-state index is -0.180. The van der Waals surface area contributed by atoms with Gasteiger partial charge >= 0.3 is 0 Å². The summed E-state index contributed by atoms with van der Waals surface area (Å²) in [5.41, 5.74) is 1.74. The molecule has 0 unspecified atom stereocenters. The van der Waals surface area contributed by atoms with Gasteiger partial charge in [0.2, 0.25) is 0 Å². The Balaban J connectivity index is 1.62. The van der Waals surface area contributed by atoms with E-state index in [1.54, 1.807) is 18.0 Å². The predicted molar refractivity (Wildman–Crippen MR) is 103 cm³/mol. The van der Waals surface area contributed by atoms with E-state index in [-0.39, 0.29) is 12.5 Å². The van der Waals surface area contributed by atoms with E-state index in [0.717, 1.165) is 22.6 Å². The highest BCUT2D eigenvalue weighted by atomic mass is 16.5. The number of benzene rings is 2. The molecule has 3 aromatic rings. The molecule has 0 aliphatic rings. The number of nitrogens with zero attached hydrogens (tertiary/aromatic N) is 1. The second-order valence-electron chi connectivity index (χ2n) is 6.11. The number of ether oxygens (including phenoxy) is 2. The average molecular weight is 365 g/mol. The molecular weight excluding hydrogens is 342 g/mol. The van der Waals surface area contributed by atoms with Gasteiger partial charge in [-0.25, -0.2) is 0 Å². The molecule has 0 N–H and O–H groups in total. The third-order valence-electron chi connectivity index (χ3n) is 4.08. The van der Waals surface area contributed by atoms with Gasteiger partial charge in [0.05, 0.1) is 12.9 Å². The van der Waals surface area contributed by atoms with Gasteiger partial charge in [0.15, 0.2) is 5.76 Å². The summed E-state index contributed by atoms with van der Waals surface area (Å²) in [6, 6.07) is 19.0. The molecule has 0 saturated carbocycles. The number of hydrogen-bond acceptors (Lipinski definition) is 4. The van der Waals surface area contributed by atoms with Crippen LogP contribution < -0.4 is 9.47 Å². The van der Waals surface area contributed by atoms with Crippen molar-refractivity contribution in [1.29, 1.82) is 0 Å². The lowest BCUT2D eigenvalue weighted by Crippen LogP contribution is -2.26. The number of hydrogen-bond donors (Lipinski definition) is 0. The number of carbonyl (C=O) groups is 1. The van der Waals surface area contributed by atoms with Crippen molar-refractivity contribution in [3.8, 4) is 11.5 Å². The standard InChI is InChI=1S/C22H23NO4/c1-3-25-20-11-9-17(10-12-20)15-23(2)22(24)21-18(13-14-26-21)16-27-19-7-5-4-6-8-19/h4-14H,3,15-16H2,1-2H3. The minimum Gasteiger partial charge on any atom is -0.494 e. The van der Waals surface area contributed by atoms with Crippen LogP contribution >= 0.6 is 0 Å². The monoisotopic (exact) mass is 365 g/mol. The first-order valence-electron chi connectivity index (χ1n) is 8.88. The van der Waals surface area contributed by atoms with Gasteiger partial charge in [-0.3, -0.25) is 4.79 Å². The summed E-state index contributed by atoms with van der Waals surface area (Å²) in [7, 11) is 1.75. The largest absolute Gasteiger partial charge is 0.494 e. The minimum absolute atomic E-state index is 0.180. The van der Waals surface area contributed by atoms with E-state index < -0.39 is 0 Å². The van der Waals surface area contributed by atoms with E-state index in [0.29, 0.717) is 18.9 Å². The highest BCUT2D eigenvalue weighted by molar-refractivity contribution is 5.92. The molecule has 5 heteroatoms. The lowest BCUT2D eigenvalue weighted by molar-refractivity contribution is 0.0749. The molecule has 140 valence electrons. The van der Waals surface area contributed by atoms with Crippen LogP contribution in [0.25, 0.3) is 0 Å². The maximum Gasteiger partial charge on any atom is 0.290 e. The van der Waals surface area contributed by atoms with E-state index in [4.69, 9.17) is 13.9 Å². The summed E-state index contributed by atoms with van der Waals surface area (Å²) in [6.07, 6.45) is 1.52. The Labute approximate surface area is 159 Å². The maximum atomic E-state index is 12.8. The van der Waals surface area contributed by atoms with Gasteiger partial charge in [0.25, 0.3) is 5.91 Å². The van der Waals surface area contributed by atoms with Crippen molar-refractivity contribution in [3.63, 3.8) is 0 Å². The number of rotatable bonds is 8. The predicted octanol–water partition coefficient (Wildman–Crippen LogP) is 4.53. The molecule has 1 aromatic heterocycles. The fraction of sp³-hybridized carbons (Fsp3) is 0.227. The highest BCUT2D eigenvalue weighted by Crippen LogP contribution is 2.19. The maximum absolute atomic E-state index is 12.8. The molecule has 0 spiro atoms. The molecule has 5 nitrogen and oxygen atoms in total. The van der Waals surface area contributed by atoms with E-state index >= 15 is 0 Å². The Hall–Kier alpha value is -3.21. The molecule has 0 saturated heterocycles. The molecule has 0 atom stereocenters. The molecule has 0 fully saturated rings. The van der Waals surface area contributed by atoms with Crippen LogP contribution in [-0.4, -0.2) is 24.5 Å². The second kappa shape index (κ2) is 8.94. The molecule has 0 aliphatic heterocycles. The summed E-state index contributed by atoms with van der Waals surface area (Å²) >= 11 is 0. The zero-order valence-corrected chi connectivity index (χ0v) is 15.6. The average Bonchev–Trinajstić information content (AvgIpc) is 3.17. The van der Waals surface area contributed by atoms with Gasteiger partial charge in [-0.05, 0) is 42.8 Å². The zero-order chi connectivity index (χ0) is 19.1. The smallest absolute Gasteiger partial charge is 0.290 e. The normalized spacial score (nSPS) is 10.4. The topological polar surface area (TPSA) is 51.9 Å². The Morgan fingerprint density at radius 2 is 1.67 bits per heavy atom. The van der Waals surface area contributed by atoms with Crippen molar-refractivity contribution in [2.24, 2.45) is 0 Å². The number of para-hydroxylation sites is 1. The molecule has 3 rings (SSSR count). The van der Waals surface area contributed by atoms with Crippen molar-refractivity contribution in [2.75, 3.05) is 13.7 Å². The molecule has 27 heavy (non-hydrogen) atoms.